The van der Waals surface area contributed by atoms with Gasteiger partial charge in [0.2, 0.25) is 0 Å². The van der Waals surface area contributed by atoms with Crippen molar-refractivity contribution in [3.63, 3.8) is 0 Å². The van der Waals surface area contributed by atoms with Crippen molar-refractivity contribution >= 4 is 17.7 Å². The van der Waals surface area contributed by atoms with Crippen LogP contribution in [0.3, 0.4) is 0 Å². The highest BCUT2D eigenvalue weighted by atomic mass is 35.5. The van der Waals surface area contributed by atoms with Crippen LogP contribution in [0.2, 0.25) is 0 Å². The molecule has 1 aromatic rings. The molecule has 0 bridgehead atoms. The van der Waals surface area contributed by atoms with Crippen molar-refractivity contribution in [3.05, 3.63) is 35.9 Å². The van der Waals surface area contributed by atoms with Gasteiger partial charge in [0, 0.05) is 0 Å². The van der Waals surface area contributed by atoms with Gasteiger partial charge < -0.3 is 5.11 Å². The van der Waals surface area contributed by atoms with E-state index in [0.29, 0.717) is 5.56 Å². The third kappa shape index (κ3) is 1.96. The lowest BCUT2D eigenvalue weighted by Crippen LogP contribution is -2.21. The van der Waals surface area contributed by atoms with E-state index < -0.39 is 12.0 Å². The fraction of sp³-hybridized carbons (Fsp3) is 0.125. The molecular formula is C8H8ClNO2. The van der Waals surface area contributed by atoms with Gasteiger partial charge in [-0.3, -0.25) is 4.79 Å². The second kappa shape index (κ2) is 4.09. The summed E-state index contributed by atoms with van der Waals surface area (Å²) in [7, 11) is 0. The number of hydrogen-bond acceptors (Lipinski definition) is 2. The lowest BCUT2D eigenvalue weighted by atomic mass is 10.1. The predicted molar refractivity (Wildman–Crippen MR) is 45.8 cm³/mol. The molecule has 3 nitrogen and oxygen atoms in total. The van der Waals surface area contributed by atoms with Crippen LogP contribution < -0.4 is 4.84 Å². The topological polar surface area (TPSA) is 49.3 Å². The molecule has 1 atom stereocenters. The zero-order valence-electron chi connectivity index (χ0n) is 6.20. The summed E-state index contributed by atoms with van der Waals surface area (Å²) >= 11 is 5.27. The van der Waals surface area contributed by atoms with Gasteiger partial charge in [0.05, 0.1) is 0 Å². The van der Waals surface area contributed by atoms with Crippen LogP contribution in [0.4, 0.5) is 0 Å². The lowest BCUT2D eigenvalue weighted by Gasteiger charge is -2.08. The number of carbonyl (C=O) groups is 1. The summed E-state index contributed by atoms with van der Waals surface area (Å²) in [6, 6.07) is 7.91. The van der Waals surface area contributed by atoms with E-state index in [0.717, 1.165) is 0 Å². The fourth-order valence-electron chi connectivity index (χ4n) is 0.898. The number of carboxylic acid groups (broad SMARTS) is 1. The third-order valence-corrected chi connectivity index (χ3v) is 1.71. The maximum atomic E-state index is 10.6. The largest absolute Gasteiger partial charge is 0.480 e. The number of carboxylic acids is 1. The molecule has 0 fully saturated rings. The zero-order chi connectivity index (χ0) is 8.97. The Morgan fingerprint density at radius 2 is 2.00 bits per heavy atom. The van der Waals surface area contributed by atoms with E-state index in [9.17, 15) is 4.79 Å². The smallest absolute Gasteiger partial charge is 0.326 e. The highest BCUT2D eigenvalue weighted by Gasteiger charge is 2.17. The molecular weight excluding hydrogens is 178 g/mol. The molecule has 0 unspecified atom stereocenters. The summed E-state index contributed by atoms with van der Waals surface area (Å²) in [5.74, 6) is -0.990. The van der Waals surface area contributed by atoms with Crippen LogP contribution in [0.5, 0.6) is 0 Å². The minimum absolute atomic E-state index is 0.639. The van der Waals surface area contributed by atoms with Gasteiger partial charge in [-0.1, -0.05) is 30.3 Å². The molecule has 0 aliphatic rings. The summed E-state index contributed by atoms with van der Waals surface area (Å²) in [4.78, 5) is 12.8. The fourth-order valence-corrected chi connectivity index (χ4v) is 1.12. The molecule has 0 aromatic heterocycles. The van der Waals surface area contributed by atoms with Crippen molar-refractivity contribution in [1.29, 1.82) is 0 Å². The summed E-state index contributed by atoms with van der Waals surface area (Å²) < 4.78 is 0. The summed E-state index contributed by atoms with van der Waals surface area (Å²) in [6.45, 7) is 0. The number of benzene rings is 1. The van der Waals surface area contributed by atoms with E-state index >= 15 is 0 Å². The molecule has 0 saturated heterocycles. The number of halogens is 1. The Labute approximate surface area is 75.1 Å². The van der Waals surface area contributed by atoms with Crippen LogP contribution in [-0.4, -0.2) is 11.1 Å². The first kappa shape index (κ1) is 9.03. The van der Waals surface area contributed by atoms with E-state index in [2.05, 4.69) is 4.84 Å². The predicted octanol–water partition coefficient (Wildman–Crippen LogP) is 1.56. The van der Waals surface area contributed by atoms with Crippen LogP contribution in [-0.2, 0) is 4.79 Å². The molecule has 64 valence electrons. The molecule has 2 N–H and O–H groups in total. The van der Waals surface area contributed by atoms with Gasteiger partial charge in [-0.2, -0.15) is 0 Å². The van der Waals surface area contributed by atoms with Crippen LogP contribution in [0.15, 0.2) is 30.3 Å². The van der Waals surface area contributed by atoms with Gasteiger partial charge in [0.25, 0.3) is 0 Å². The molecule has 0 radical (unpaired) electrons. The number of aliphatic carboxylic acids is 1. The Kier molecular flexibility index (Phi) is 3.08. The second-order valence-corrected chi connectivity index (χ2v) is 2.51. The molecule has 1 rings (SSSR count). The lowest BCUT2D eigenvalue weighted by molar-refractivity contribution is -0.139. The molecule has 0 aliphatic heterocycles. The van der Waals surface area contributed by atoms with Gasteiger partial charge in [0.1, 0.15) is 6.04 Å². The summed E-state index contributed by atoms with van der Waals surface area (Å²) in [5.41, 5.74) is 0.639. The molecule has 0 heterocycles. The molecule has 12 heavy (non-hydrogen) atoms. The minimum Gasteiger partial charge on any atom is -0.480 e. The van der Waals surface area contributed by atoms with Gasteiger partial charge in [-0.25, -0.2) is 4.84 Å². The Morgan fingerprint density at radius 1 is 1.42 bits per heavy atom. The molecule has 0 aliphatic carbocycles. The number of nitrogens with one attached hydrogen (secondary N) is 1. The first-order valence-corrected chi connectivity index (χ1v) is 3.77. The van der Waals surface area contributed by atoms with Crippen LogP contribution in [0.1, 0.15) is 11.6 Å². The summed E-state index contributed by atoms with van der Waals surface area (Å²) in [6.07, 6.45) is 0. The Morgan fingerprint density at radius 3 is 2.42 bits per heavy atom. The molecule has 0 amide bonds. The standard InChI is InChI=1S/C8H8ClNO2/c9-10-7(8(11)12)6-4-2-1-3-5-6/h1-5,7,10H,(H,11,12)/t7-/m0/s1. The maximum Gasteiger partial charge on any atom is 0.326 e. The van der Waals surface area contributed by atoms with Crippen LogP contribution in [0, 0.1) is 0 Å². The third-order valence-electron chi connectivity index (χ3n) is 1.49. The normalized spacial score (nSPS) is 12.4. The van der Waals surface area contributed by atoms with Crippen molar-refractivity contribution in [3.8, 4) is 0 Å². The van der Waals surface area contributed by atoms with Gasteiger partial charge in [0.15, 0.2) is 0 Å². The van der Waals surface area contributed by atoms with E-state index in [-0.39, 0.29) is 0 Å². The maximum absolute atomic E-state index is 10.6. The monoisotopic (exact) mass is 185 g/mol. The molecule has 1 aromatic carbocycles. The van der Waals surface area contributed by atoms with Crippen molar-refractivity contribution in [2.24, 2.45) is 0 Å². The van der Waals surface area contributed by atoms with E-state index in [4.69, 9.17) is 16.9 Å². The van der Waals surface area contributed by atoms with Gasteiger partial charge >= 0.3 is 5.97 Å². The minimum atomic E-state index is -0.990. The zero-order valence-corrected chi connectivity index (χ0v) is 6.95. The van der Waals surface area contributed by atoms with Crippen molar-refractivity contribution in [2.75, 3.05) is 0 Å². The molecule has 4 heteroatoms. The Balaban J connectivity index is 2.88. The van der Waals surface area contributed by atoms with Crippen molar-refractivity contribution in [1.82, 2.24) is 4.84 Å². The number of hydrogen-bond donors (Lipinski definition) is 2. The first-order valence-electron chi connectivity index (χ1n) is 3.39. The van der Waals surface area contributed by atoms with Gasteiger partial charge in [-0.05, 0) is 17.3 Å². The number of rotatable bonds is 3. The first-order chi connectivity index (χ1) is 5.75. The second-order valence-electron chi connectivity index (χ2n) is 2.29. The van der Waals surface area contributed by atoms with E-state index in [1.807, 2.05) is 6.07 Å². The van der Waals surface area contributed by atoms with Crippen molar-refractivity contribution < 1.29 is 9.90 Å². The van der Waals surface area contributed by atoms with E-state index in [1.165, 1.54) is 0 Å². The summed E-state index contributed by atoms with van der Waals surface area (Å²) in [5, 5.41) is 8.68. The van der Waals surface area contributed by atoms with Crippen molar-refractivity contribution in [2.45, 2.75) is 6.04 Å². The average molecular weight is 186 g/mol. The highest BCUT2D eigenvalue weighted by Crippen LogP contribution is 2.12. The highest BCUT2D eigenvalue weighted by molar-refractivity contribution is 6.14. The SMILES string of the molecule is O=C(O)[C@@H](NCl)c1ccccc1. The Bertz CT molecular complexity index is 263. The van der Waals surface area contributed by atoms with Crippen LogP contribution >= 0.6 is 11.8 Å². The average Bonchev–Trinajstić information content (AvgIpc) is 2.07. The molecule has 0 saturated carbocycles. The Hall–Kier alpha value is -1.06. The quantitative estimate of drug-likeness (QED) is 0.703. The molecule has 0 spiro atoms. The van der Waals surface area contributed by atoms with E-state index in [1.54, 1.807) is 24.3 Å². The van der Waals surface area contributed by atoms with Crippen LogP contribution in [0.25, 0.3) is 0 Å². The van der Waals surface area contributed by atoms with Gasteiger partial charge in [-0.15, -0.1) is 0 Å².